The normalized spacial score (nSPS) is 23.2. The molecule has 1 aromatic rings. The van der Waals surface area contributed by atoms with Gasteiger partial charge in [0.05, 0.1) is 0 Å². The fraction of sp³-hybridized carbons (Fsp3) is 0.750. The van der Waals surface area contributed by atoms with Crippen molar-refractivity contribution < 1.29 is 0 Å². The highest BCUT2D eigenvalue weighted by Gasteiger charge is 2.24. The van der Waals surface area contributed by atoms with Gasteiger partial charge in [0.25, 0.3) is 0 Å². The number of nitrogens with zero attached hydrogens (tertiary/aromatic N) is 1. The van der Waals surface area contributed by atoms with E-state index in [1.54, 1.807) is 4.88 Å². The second-order valence-electron chi connectivity index (χ2n) is 5.61. The molecule has 2 nitrogen and oxygen atoms in total. The van der Waals surface area contributed by atoms with Gasteiger partial charge in [-0.15, -0.1) is 11.3 Å². The molecule has 0 spiro atoms. The van der Waals surface area contributed by atoms with Crippen LogP contribution in [0, 0.1) is 0 Å². The zero-order valence-electron chi connectivity index (χ0n) is 12.4. The van der Waals surface area contributed by atoms with Crippen molar-refractivity contribution in [2.75, 3.05) is 19.6 Å². The van der Waals surface area contributed by atoms with Crippen molar-refractivity contribution >= 4 is 11.3 Å². The van der Waals surface area contributed by atoms with E-state index in [0.29, 0.717) is 12.1 Å². The Hall–Kier alpha value is -0.380. The van der Waals surface area contributed by atoms with Crippen LogP contribution in [-0.2, 0) is 0 Å². The Morgan fingerprint density at radius 1 is 1.42 bits per heavy atom. The number of hydrogen-bond donors (Lipinski definition) is 1. The Morgan fingerprint density at radius 2 is 2.32 bits per heavy atom. The van der Waals surface area contributed by atoms with Crippen LogP contribution in [0.4, 0.5) is 0 Å². The van der Waals surface area contributed by atoms with Crippen LogP contribution in [0.25, 0.3) is 0 Å². The smallest absolute Gasteiger partial charge is 0.0442 e. The van der Waals surface area contributed by atoms with E-state index in [9.17, 15) is 0 Å². The second kappa shape index (κ2) is 8.03. The Kier molecular flexibility index (Phi) is 6.35. The van der Waals surface area contributed by atoms with E-state index in [0.717, 1.165) is 0 Å². The zero-order valence-corrected chi connectivity index (χ0v) is 13.2. The predicted octanol–water partition coefficient (Wildman–Crippen LogP) is 4.05. The van der Waals surface area contributed by atoms with E-state index in [-0.39, 0.29) is 0 Å². The summed E-state index contributed by atoms with van der Waals surface area (Å²) in [6.07, 6.45) is 6.43. The molecule has 0 saturated carbocycles. The van der Waals surface area contributed by atoms with Crippen molar-refractivity contribution in [2.24, 2.45) is 0 Å². The molecule has 1 N–H and O–H groups in total. The van der Waals surface area contributed by atoms with Crippen LogP contribution in [0.2, 0.25) is 0 Å². The first-order valence-corrected chi connectivity index (χ1v) is 8.74. The molecule has 1 saturated heterocycles. The highest BCUT2D eigenvalue weighted by atomic mass is 32.1. The van der Waals surface area contributed by atoms with E-state index in [1.807, 2.05) is 11.3 Å². The number of rotatable bonds is 6. The maximum absolute atomic E-state index is 3.72. The SMILES string of the molecule is CCCC1CN(C(CCC)c2cccs2)CCCN1. The average Bonchev–Trinajstić information content (AvgIpc) is 2.84. The van der Waals surface area contributed by atoms with Gasteiger partial charge in [0, 0.05) is 30.1 Å². The van der Waals surface area contributed by atoms with Crippen molar-refractivity contribution in [1.82, 2.24) is 10.2 Å². The molecule has 1 aliphatic heterocycles. The first kappa shape index (κ1) is 15.0. The summed E-state index contributed by atoms with van der Waals surface area (Å²) in [7, 11) is 0. The van der Waals surface area contributed by atoms with Gasteiger partial charge in [0.15, 0.2) is 0 Å². The third kappa shape index (κ3) is 4.30. The van der Waals surface area contributed by atoms with Crippen LogP contribution in [-0.4, -0.2) is 30.6 Å². The van der Waals surface area contributed by atoms with Crippen molar-refractivity contribution in [3.8, 4) is 0 Å². The lowest BCUT2D eigenvalue weighted by Gasteiger charge is -2.32. The molecule has 1 fully saturated rings. The van der Waals surface area contributed by atoms with Gasteiger partial charge in [0.1, 0.15) is 0 Å². The van der Waals surface area contributed by atoms with E-state index < -0.39 is 0 Å². The van der Waals surface area contributed by atoms with Crippen molar-refractivity contribution in [2.45, 2.75) is 58.0 Å². The van der Waals surface area contributed by atoms with Gasteiger partial charge in [0.2, 0.25) is 0 Å². The highest BCUT2D eigenvalue weighted by Crippen LogP contribution is 2.30. The molecule has 0 amide bonds. The molecule has 2 atom stereocenters. The molecule has 0 bridgehead atoms. The summed E-state index contributed by atoms with van der Waals surface area (Å²) in [6, 6.07) is 5.84. The van der Waals surface area contributed by atoms with Gasteiger partial charge in [-0.1, -0.05) is 32.8 Å². The number of hydrogen-bond acceptors (Lipinski definition) is 3. The lowest BCUT2D eigenvalue weighted by molar-refractivity contribution is 0.183. The van der Waals surface area contributed by atoms with Crippen LogP contribution in [0.3, 0.4) is 0 Å². The number of nitrogens with one attached hydrogen (secondary N) is 1. The van der Waals surface area contributed by atoms with Crippen LogP contribution in [0.15, 0.2) is 17.5 Å². The van der Waals surface area contributed by atoms with Gasteiger partial charge in [-0.2, -0.15) is 0 Å². The lowest BCUT2D eigenvalue weighted by Crippen LogP contribution is -2.39. The highest BCUT2D eigenvalue weighted by molar-refractivity contribution is 7.10. The third-order valence-electron chi connectivity index (χ3n) is 4.02. The minimum atomic E-state index is 0.643. The summed E-state index contributed by atoms with van der Waals surface area (Å²) in [5, 5.41) is 5.94. The molecule has 108 valence electrons. The maximum atomic E-state index is 3.72. The minimum Gasteiger partial charge on any atom is -0.313 e. The first-order chi connectivity index (χ1) is 9.35. The van der Waals surface area contributed by atoms with E-state index in [4.69, 9.17) is 0 Å². The molecule has 2 unspecified atom stereocenters. The summed E-state index contributed by atoms with van der Waals surface area (Å²) in [5.41, 5.74) is 0. The standard InChI is InChI=1S/C16H28N2S/c1-3-7-14-13-18(11-6-10-17-14)15(8-4-2)16-9-5-12-19-16/h5,9,12,14-15,17H,3-4,6-8,10-11,13H2,1-2H3. The van der Waals surface area contributed by atoms with Gasteiger partial charge in [-0.05, 0) is 37.3 Å². The van der Waals surface area contributed by atoms with Crippen molar-refractivity contribution in [3.05, 3.63) is 22.4 Å². The van der Waals surface area contributed by atoms with Crippen molar-refractivity contribution in [1.29, 1.82) is 0 Å². The Labute approximate surface area is 122 Å². The summed E-state index contributed by atoms with van der Waals surface area (Å²) in [4.78, 5) is 4.29. The molecular formula is C16H28N2S. The average molecular weight is 280 g/mol. The van der Waals surface area contributed by atoms with Gasteiger partial charge in [-0.25, -0.2) is 0 Å². The molecule has 2 heterocycles. The monoisotopic (exact) mass is 280 g/mol. The zero-order chi connectivity index (χ0) is 13.5. The molecule has 1 aliphatic rings. The lowest BCUT2D eigenvalue weighted by atomic mass is 10.1. The molecule has 19 heavy (non-hydrogen) atoms. The van der Waals surface area contributed by atoms with Gasteiger partial charge >= 0.3 is 0 Å². The Bertz CT molecular complexity index is 337. The molecular weight excluding hydrogens is 252 g/mol. The third-order valence-corrected chi connectivity index (χ3v) is 5.00. The summed E-state index contributed by atoms with van der Waals surface area (Å²) in [6.45, 7) is 8.25. The molecule has 1 aromatic heterocycles. The maximum Gasteiger partial charge on any atom is 0.0442 e. The van der Waals surface area contributed by atoms with E-state index >= 15 is 0 Å². The van der Waals surface area contributed by atoms with E-state index in [2.05, 4.69) is 41.6 Å². The summed E-state index contributed by atoms with van der Waals surface area (Å²) in [5.74, 6) is 0. The van der Waals surface area contributed by atoms with Crippen molar-refractivity contribution in [3.63, 3.8) is 0 Å². The minimum absolute atomic E-state index is 0.643. The van der Waals surface area contributed by atoms with Gasteiger partial charge in [-0.3, -0.25) is 4.90 Å². The first-order valence-electron chi connectivity index (χ1n) is 7.86. The van der Waals surface area contributed by atoms with Gasteiger partial charge < -0.3 is 5.32 Å². The van der Waals surface area contributed by atoms with E-state index in [1.165, 1.54) is 51.7 Å². The largest absolute Gasteiger partial charge is 0.313 e. The number of thiophene rings is 1. The Morgan fingerprint density at radius 3 is 3.00 bits per heavy atom. The molecule has 0 radical (unpaired) electrons. The topological polar surface area (TPSA) is 15.3 Å². The summed E-state index contributed by atoms with van der Waals surface area (Å²) >= 11 is 1.92. The van der Waals surface area contributed by atoms with Crippen LogP contribution < -0.4 is 5.32 Å². The fourth-order valence-electron chi connectivity index (χ4n) is 3.11. The predicted molar refractivity (Wildman–Crippen MR) is 84.9 cm³/mol. The van der Waals surface area contributed by atoms with Crippen LogP contribution in [0.5, 0.6) is 0 Å². The second-order valence-corrected chi connectivity index (χ2v) is 6.59. The molecule has 0 aliphatic carbocycles. The van der Waals surface area contributed by atoms with Crippen LogP contribution >= 0.6 is 11.3 Å². The summed E-state index contributed by atoms with van der Waals surface area (Å²) < 4.78 is 0. The molecule has 3 heteroatoms. The fourth-order valence-corrected chi connectivity index (χ4v) is 4.01. The molecule has 2 rings (SSSR count). The van der Waals surface area contributed by atoms with Crippen LogP contribution in [0.1, 0.15) is 56.9 Å². The molecule has 0 aromatic carbocycles. The quantitative estimate of drug-likeness (QED) is 0.845. The Balaban J connectivity index is 2.06.